The Hall–Kier alpha value is -2.46. The van der Waals surface area contributed by atoms with Gasteiger partial charge in [0.2, 0.25) is 0 Å². The molecule has 3 rings (SSSR count). The van der Waals surface area contributed by atoms with Crippen LogP contribution in [0.3, 0.4) is 0 Å². The fraction of sp³-hybridized carbons (Fsp3) is 0.238. The smallest absolute Gasteiger partial charge is 0.252 e. The molecule has 128 valence electrons. The van der Waals surface area contributed by atoms with Crippen molar-refractivity contribution in [3.63, 3.8) is 0 Å². The molecular formula is C21H22N2OS. The van der Waals surface area contributed by atoms with Gasteiger partial charge in [-0.15, -0.1) is 6.58 Å². The fourth-order valence-electron chi connectivity index (χ4n) is 2.86. The van der Waals surface area contributed by atoms with Gasteiger partial charge < -0.3 is 4.57 Å². The zero-order valence-electron chi connectivity index (χ0n) is 14.9. The topological polar surface area (TPSA) is 34.4 Å². The molecule has 0 saturated heterocycles. The van der Waals surface area contributed by atoms with E-state index >= 15 is 0 Å². The van der Waals surface area contributed by atoms with Crippen LogP contribution in [0.2, 0.25) is 0 Å². The number of carbonyl (C=O) groups is 1. The number of fused-ring (bicyclic) bond motifs is 1. The Morgan fingerprint density at radius 2 is 1.96 bits per heavy atom. The maximum atomic E-state index is 12.5. The Labute approximate surface area is 152 Å². The van der Waals surface area contributed by atoms with Gasteiger partial charge in [0.1, 0.15) is 0 Å². The summed E-state index contributed by atoms with van der Waals surface area (Å²) in [4.78, 5) is 17.6. The van der Waals surface area contributed by atoms with Crippen LogP contribution in [0.4, 0.5) is 0 Å². The maximum absolute atomic E-state index is 12.5. The normalized spacial score (nSPS) is 11.9. The van der Waals surface area contributed by atoms with E-state index in [1.54, 1.807) is 11.3 Å². The van der Waals surface area contributed by atoms with Gasteiger partial charge in [0.05, 0.1) is 16.6 Å². The van der Waals surface area contributed by atoms with Gasteiger partial charge >= 0.3 is 0 Å². The van der Waals surface area contributed by atoms with Gasteiger partial charge in [0.15, 0.2) is 4.80 Å². The lowest BCUT2D eigenvalue weighted by Crippen LogP contribution is -2.17. The van der Waals surface area contributed by atoms with Crippen molar-refractivity contribution < 1.29 is 4.79 Å². The number of carbonyl (C=O) groups excluding carboxylic acids is 1. The molecule has 0 radical (unpaired) electrons. The second kappa shape index (κ2) is 7.19. The molecule has 0 aliphatic carbocycles. The van der Waals surface area contributed by atoms with Gasteiger partial charge in [0.25, 0.3) is 5.91 Å². The zero-order chi connectivity index (χ0) is 18.0. The third kappa shape index (κ3) is 3.80. The third-order valence-electron chi connectivity index (χ3n) is 4.27. The monoisotopic (exact) mass is 350 g/mol. The number of aryl methyl sites for hydroxylation is 3. The summed E-state index contributed by atoms with van der Waals surface area (Å²) >= 11 is 1.56. The van der Waals surface area contributed by atoms with E-state index in [0.29, 0.717) is 13.0 Å². The van der Waals surface area contributed by atoms with Crippen molar-refractivity contribution in [1.29, 1.82) is 0 Å². The molecule has 0 spiro atoms. The first-order valence-electron chi connectivity index (χ1n) is 8.32. The van der Waals surface area contributed by atoms with E-state index in [1.807, 2.05) is 37.3 Å². The quantitative estimate of drug-likeness (QED) is 0.639. The van der Waals surface area contributed by atoms with Crippen LogP contribution in [0.25, 0.3) is 10.2 Å². The van der Waals surface area contributed by atoms with Crippen LogP contribution in [-0.4, -0.2) is 10.5 Å². The zero-order valence-corrected chi connectivity index (χ0v) is 15.7. The molecule has 1 aromatic heterocycles. The van der Waals surface area contributed by atoms with E-state index in [2.05, 4.69) is 42.1 Å². The number of allylic oxidation sites excluding steroid dienone is 1. The molecule has 0 unspecified atom stereocenters. The van der Waals surface area contributed by atoms with Crippen LogP contribution >= 0.6 is 11.3 Å². The summed E-state index contributed by atoms with van der Waals surface area (Å²) in [6.45, 7) is 10.7. The van der Waals surface area contributed by atoms with Crippen LogP contribution in [0.5, 0.6) is 0 Å². The summed E-state index contributed by atoms with van der Waals surface area (Å²) in [6, 6.07) is 12.3. The van der Waals surface area contributed by atoms with Gasteiger partial charge in [-0.3, -0.25) is 4.79 Å². The van der Waals surface area contributed by atoms with Crippen LogP contribution in [-0.2, 0) is 17.8 Å². The highest BCUT2D eigenvalue weighted by atomic mass is 32.1. The molecule has 0 aliphatic heterocycles. The summed E-state index contributed by atoms with van der Waals surface area (Å²) in [6.07, 6.45) is 2.16. The van der Waals surface area contributed by atoms with E-state index in [-0.39, 0.29) is 5.91 Å². The molecule has 3 nitrogen and oxygen atoms in total. The second-order valence-electron chi connectivity index (χ2n) is 6.36. The lowest BCUT2D eigenvalue weighted by Gasteiger charge is -2.04. The Bertz CT molecular complexity index is 1020. The molecule has 4 heteroatoms. The fourth-order valence-corrected chi connectivity index (χ4v) is 3.99. The molecule has 0 N–H and O–H groups in total. The summed E-state index contributed by atoms with van der Waals surface area (Å²) in [7, 11) is 0. The Morgan fingerprint density at radius 3 is 2.68 bits per heavy atom. The first-order chi connectivity index (χ1) is 12.0. The Morgan fingerprint density at radius 1 is 1.20 bits per heavy atom. The largest absolute Gasteiger partial charge is 0.312 e. The van der Waals surface area contributed by atoms with Crippen molar-refractivity contribution in [2.45, 2.75) is 33.7 Å². The van der Waals surface area contributed by atoms with Gasteiger partial charge in [-0.05, 0) is 49.6 Å². The Balaban J connectivity index is 2.04. The molecule has 0 saturated carbocycles. The average Bonchev–Trinajstić information content (AvgIpc) is 2.85. The standard InChI is InChI=1S/C21H22N2OS/c1-5-9-23-18-11-15(3)16(4)12-19(18)25-21(23)22-20(24)13-17-8-6-7-14(2)10-17/h5-8,10-12H,1,9,13H2,2-4H3. The van der Waals surface area contributed by atoms with Gasteiger partial charge in [0, 0.05) is 6.54 Å². The van der Waals surface area contributed by atoms with Crippen molar-refractivity contribution in [1.82, 2.24) is 4.57 Å². The molecule has 1 amide bonds. The van der Waals surface area contributed by atoms with Crippen LogP contribution in [0.15, 0.2) is 54.0 Å². The van der Waals surface area contributed by atoms with Crippen LogP contribution in [0, 0.1) is 20.8 Å². The highest BCUT2D eigenvalue weighted by molar-refractivity contribution is 7.16. The molecule has 3 aromatic rings. The van der Waals surface area contributed by atoms with E-state index in [9.17, 15) is 4.79 Å². The van der Waals surface area contributed by atoms with E-state index in [4.69, 9.17) is 0 Å². The van der Waals surface area contributed by atoms with Crippen LogP contribution < -0.4 is 4.80 Å². The number of hydrogen-bond donors (Lipinski definition) is 0. The molecule has 25 heavy (non-hydrogen) atoms. The maximum Gasteiger partial charge on any atom is 0.252 e. The van der Waals surface area contributed by atoms with Crippen LogP contribution in [0.1, 0.15) is 22.3 Å². The number of amides is 1. The van der Waals surface area contributed by atoms with Crippen molar-refractivity contribution >= 4 is 27.5 Å². The number of rotatable bonds is 4. The highest BCUT2D eigenvalue weighted by Crippen LogP contribution is 2.22. The first kappa shape index (κ1) is 17.4. The van der Waals surface area contributed by atoms with Gasteiger partial charge in [-0.1, -0.05) is 47.2 Å². The predicted octanol–water partition coefficient (Wildman–Crippen LogP) is 4.48. The molecule has 0 aliphatic rings. The average molecular weight is 350 g/mol. The van der Waals surface area contributed by atoms with Gasteiger partial charge in [-0.25, -0.2) is 0 Å². The Kier molecular flexibility index (Phi) is 5.00. The highest BCUT2D eigenvalue weighted by Gasteiger charge is 2.09. The number of nitrogens with zero attached hydrogens (tertiary/aromatic N) is 2. The summed E-state index contributed by atoms with van der Waals surface area (Å²) in [5, 5.41) is 0. The first-order valence-corrected chi connectivity index (χ1v) is 9.14. The molecule has 0 fully saturated rings. The number of benzene rings is 2. The second-order valence-corrected chi connectivity index (χ2v) is 7.37. The number of hydrogen-bond acceptors (Lipinski definition) is 2. The summed E-state index contributed by atoms with van der Waals surface area (Å²) in [5.41, 5.74) is 5.74. The molecule has 2 aromatic carbocycles. The molecule has 0 bridgehead atoms. The van der Waals surface area contributed by atoms with E-state index < -0.39 is 0 Å². The minimum absolute atomic E-state index is 0.122. The predicted molar refractivity (Wildman–Crippen MR) is 105 cm³/mol. The molecule has 0 atom stereocenters. The minimum Gasteiger partial charge on any atom is -0.312 e. The van der Waals surface area contributed by atoms with E-state index in [0.717, 1.165) is 26.1 Å². The number of thiazole rings is 1. The van der Waals surface area contributed by atoms with Crippen molar-refractivity contribution in [3.05, 3.63) is 76.1 Å². The van der Waals surface area contributed by atoms with Gasteiger partial charge in [-0.2, -0.15) is 4.99 Å². The van der Waals surface area contributed by atoms with Crippen molar-refractivity contribution in [2.75, 3.05) is 0 Å². The molecular weight excluding hydrogens is 328 g/mol. The van der Waals surface area contributed by atoms with Crippen molar-refractivity contribution in [3.8, 4) is 0 Å². The summed E-state index contributed by atoms with van der Waals surface area (Å²) < 4.78 is 3.21. The third-order valence-corrected chi connectivity index (χ3v) is 5.31. The SMILES string of the molecule is C=CCn1c(=NC(=O)Cc2cccc(C)c2)sc2cc(C)c(C)cc21. The minimum atomic E-state index is -0.122. The van der Waals surface area contributed by atoms with E-state index in [1.165, 1.54) is 11.1 Å². The lowest BCUT2D eigenvalue weighted by molar-refractivity contribution is -0.117. The molecule has 1 heterocycles. The number of aromatic nitrogens is 1. The van der Waals surface area contributed by atoms with Crippen molar-refractivity contribution in [2.24, 2.45) is 4.99 Å². The summed E-state index contributed by atoms with van der Waals surface area (Å²) in [5.74, 6) is -0.122. The lowest BCUT2D eigenvalue weighted by atomic mass is 10.1.